The molecule has 0 aromatic rings. The zero-order valence-corrected chi connectivity index (χ0v) is 21.3. The molecule has 0 aromatic heterocycles. The monoisotopic (exact) mass is 460 g/mol. The van der Waals surface area contributed by atoms with Crippen molar-refractivity contribution in [2.45, 2.75) is 77.8 Å². The molecule has 0 amide bonds. The molecule has 0 N–H and O–H groups in total. The van der Waals surface area contributed by atoms with E-state index >= 15 is 0 Å². The average Bonchev–Trinajstić information content (AvgIpc) is 2.76. The Morgan fingerprint density at radius 2 is 0.655 bits per heavy atom. The number of hydrogen-bond acceptors (Lipinski definition) is 8. The van der Waals surface area contributed by atoms with E-state index in [1.165, 1.54) is 0 Å². The fraction of sp³-hybridized carbons (Fsp3) is 1.00. The molecule has 9 heteroatoms. The molecule has 0 fully saturated rings. The van der Waals surface area contributed by atoms with Gasteiger partial charge in [0.25, 0.3) is 0 Å². The van der Waals surface area contributed by atoms with E-state index in [0.29, 0.717) is 26.4 Å². The summed E-state index contributed by atoms with van der Waals surface area (Å²) in [5.74, 6) is 0. The third kappa shape index (κ3) is 12.1. The van der Waals surface area contributed by atoms with Gasteiger partial charge in [0.05, 0.1) is 0 Å². The standard InChI is InChI=1S/4C5H11O2.Ti/c4*1-3-5(4-6)7-2;/h4*5H,3-4H2,1-2H3;/q4*-1;+4. The van der Waals surface area contributed by atoms with Gasteiger partial charge >= 0.3 is 183 Å². The van der Waals surface area contributed by atoms with Crippen molar-refractivity contribution >= 4 is 0 Å². The van der Waals surface area contributed by atoms with Crippen molar-refractivity contribution in [3.05, 3.63) is 0 Å². The first-order valence-corrected chi connectivity index (χ1v) is 13.2. The Labute approximate surface area is 183 Å². The summed E-state index contributed by atoms with van der Waals surface area (Å²) in [6.45, 7) is 9.53. The van der Waals surface area contributed by atoms with Crippen LogP contribution in [0.2, 0.25) is 0 Å². The average molecular weight is 460 g/mol. The molecule has 8 nitrogen and oxygen atoms in total. The van der Waals surface area contributed by atoms with Crippen molar-refractivity contribution in [3.8, 4) is 0 Å². The topological polar surface area (TPSA) is 73.8 Å². The van der Waals surface area contributed by atoms with Crippen LogP contribution in [0.1, 0.15) is 53.4 Å². The second kappa shape index (κ2) is 18.0. The molecule has 0 saturated carbocycles. The van der Waals surface area contributed by atoms with E-state index in [0.717, 1.165) is 25.7 Å². The van der Waals surface area contributed by atoms with Gasteiger partial charge in [-0.05, 0) is 0 Å². The van der Waals surface area contributed by atoms with Crippen LogP contribution in [-0.2, 0) is 50.4 Å². The van der Waals surface area contributed by atoms with Gasteiger partial charge in [-0.15, -0.1) is 0 Å². The molecular formula is C20H44O8Ti. The zero-order valence-electron chi connectivity index (χ0n) is 19.7. The first-order valence-electron chi connectivity index (χ1n) is 10.6. The molecule has 0 saturated heterocycles. The van der Waals surface area contributed by atoms with E-state index in [1.807, 2.05) is 27.7 Å². The molecule has 0 aromatic carbocycles. The van der Waals surface area contributed by atoms with Crippen LogP contribution in [-0.4, -0.2) is 79.3 Å². The summed E-state index contributed by atoms with van der Waals surface area (Å²) in [5, 5.41) is 0. The molecular weight excluding hydrogens is 416 g/mol. The van der Waals surface area contributed by atoms with Crippen LogP contribution in [0, 0.1) is 0 Å². The quantitative estimate of drug-likeness (QED) is 0.256. The van der Waals surface area contributed by atoms with Gasteiger partial charge in [0.1, 0.15) is 0 Å². The van der Waals surface area contributed by atoms with Crippen molar-refractivity contribution in [1.82, 2.24) is 0 Å². The maximum absolute atomic E-state index is 6.22. The molecule has 0 heterocycles. The molecule has 0 spiro atoms. The number of ether oxygens (including phenoxy) is 4. The van der Waals surface area contributed by atoms with Gasteiger partial charge in [0.15, 0.2) is 0 Å². The van der Waals surface area contributed by atoms with Crippen LogP contribution >= 0.6 is 0 Å². The SMILES string of the molecule is CCC(C[O][Ti]([O]CC(CC)OC)([O]CC(CC)OC)[O]CC(CC)OC)OC. The van der Waals surface area contributed by atoms with Crippen LogP contribution in [0.5, 0.6) is 0 Å². The molecule has 0 radical (unpaired) electrons. The van der Waals surface area contributed by atoms with Gasteiger partial charge < -0.3 is 0 Å². The van der Waals surface area contributed by atoms with Crippen molar-refractivity contribution < 1.29 is 50.4 Å². The molecule has 0 aliphatic heterocycles. The Hall–Kier alpha value is 0.394. The number of hydrogen-bond donors (Lipinski definition) is 0. The van der Waals surface area contributed by atoms with E-state index < -0.39 is 18.1 Å². The Bertz CT molecular complexity index is 289. The van der Waals surface area contributed by atoms with Gasteiger partial charge in [-0.3, -0.25) is 0 Å². The predicted molar refractivity (Wildman–Crippen MR) is 108 cm³/mol. The van der Waals surface area contributed by atoms with Gasteiger partial charge in [-0.2, -0.15) is 0 Å². The summed E-state index contributed by atoms with van der Waals surface area (Å²) in [5.41, 5.74) is 0. The molecule has 0 aliphatic rings. The molecule has 0 rings (SSSR count). The predicted octanol–water partition coefficient (Wildman–Crippen LogP) is 3.57. The zero-order chi connectivity index (χ0) is 22.1. The number of rotatable bonds is 20. The fourth-order valence-corrected chi connectivity index (χ4v) is 5.66. The summed E-state index contributed by atoms with van der Waals surface area (Å²) < 4.78 is 46.7. The van der Waals surface area contributed by atoms with Crippen molar-refractivity contribution in [2.24, 2.45) is 0 Å². The van der Waals surface area contributed by atoms with Gasteiger partial charge in [0, 0.05) is 0 Å². The maximum atomic E-state index is 6.22. The molecule has 4 unspecified atom stereocenters. The summed E-state index contributed by atoms with van der Waals surface area (Å²) in [6, 6.07) is 0. The summed E-state index contributed by atoms with van der Waals surface area (Å²) in [4.78, 5) is 0. The second-order valence-corrected chi connectivity index (χ2v) is 10.2. The normalized spacial score (nSPS) is 18.2. The Morgan fingerprint density at radius 3 is 0.793 bits per heavy atom. The third-order valence-corrected chi connectivity index (χ3v) is 8.19. The van der Waals surface area contributed by atoms with E-state index in [4.69, 9.17) is 32.2 Å². The molecule has 0 bridgehead atoms. The van der Waals surface area contributed by atoms with Crippen LogP contribution in [0.25, 0.3) is 0 Å². The Balaban J connectivity index is 5.46. The molecule has 0 aliphatic carbocycles. The molecule has 29 heavy (non-hydrogen) atoms. The molecule has 176 valence electrons. The van der Waals surface area contributed by atoms with Crippen molar-refractivity contribution in [2.75, 3.05) is 54.9 Å². The minimum absolute atomic E-state index is 0.0611. The van der Waals surface area contributed by atoms with Gasteiger partial charge in [0.2, 0.25) is 0 Å². The Morgan fingerprint density at radius 1 is 0.448 bits per heavy atom. The summed E-state index contributed by atoms with van der Waals surface area (Å²) >= 11 is -4.13. The van der Waals surface area contributed by atoms with E-state index in [-0.39, 0.29) is 24.4 Å². The second-order valence-electron chi connectivity index (χ2n) is 6.81. The third-order valence-electron chi connectivity index (χ3n) is 4.94. The minimum atomic E-state index is -4.13. The summed E-state index contributed by atoms with van der Waals surface area (Å²) in [6.07, 6.45) is 3.02. The van der Waals surface area contributed by atoms with E-state index in [1.54, 1.807) is 28.4 Å². The van der Waals surface area contributed by atoms with Gasteiger partial charge in [-0.1, -0.05) is 0 Å². The summed E-state index contributed by atoms with van der Waals surface area (Å²) in [7, 11) is 6.68. The van der Waals surface area contributed by atoms with Crippen molar-refractivity contribution in [1.29, 1.82) is 0 Å². The molecule has 4 atom stereocenters. The number of methoxy groups -OCH3 is 4. The van der Waals surface area contributed by atoms with Crippen LogP contribution < -0.4 is 0 Å². The van der Waals surface area contributed by atoms with Crippen LogP contribution in [0.15, 0.2) is 0 Å². The van der Waals surface area contributed by atoms with Gasteiger partial charge in [-0.25, -0.2) is 0 Å². The van der Waals surface area contributed by atoms with Crippen molar-refractivity contribution in [3.63, 3.8) is 0 Å². The van der Waals surface area contributed by atoms with Crippen LogP contribution in [0.3, 0.4) is 0 Å². The fourth-order valence-electron chi connectivity index (χ4n) is 2.44. The van der Waals surface area contributed by atoms with E-state index in [9.17, 15) is 0 Å². The van der Waals surface area contributed by atoms with E-state index in [2.05, 4.69) is 0 Å². The first-order chi connectivity index (χ1) is 14.0. The van der Waals surface area contributed by atoms with Crippen LogP contribution in [0.4, 0.5) is 0 Å². The Kier molecular flexibility index (Phi) is 18.3. The first kappa shape index (κ1) is 29.4.